The Morgan fingerprint density at radius 1 is 0.765 bits per heavy atom. The molecule has 2 aromatic carbocycles. The van der Waals surface area contributed by atoms with Crippen molar-refractivity contribution in [1.82, 2.24) is 0 Å². The molecule has 0 amide bonds. The summed E-state index contributed by atoms with van der Waals surface area (Å²) in [6, 6.07) is 8.91. The van der Waals surface area contributed by atoms with E-state index in [1.54, 1.807) is 0 Å². The molecule has 1 aliphatic carbocycles. The lowest BCUT2D eigenvalue weighted by Gasteiger charge is -2.07. The summed E-state index contributed by atoms with van der Waals surface area (Å²) >= 11 is 12.1. The van der Waals surface area contributed by atoms with E-state index >= 15 is 0 Å². The zero-order chi connectivity index (χ0) is 12.2. The van der Waals surface area contributed by atoms with Crippen LogP contribution in [-0.4, -0.2) is 0 Å². The Morgan fingerprint density at radius 2 is 1.18 bits per heavy atom. The van der Waals surface area contributed by atoms with Crippen molar-refractivity contribution in [1.29, 1.82) is 0 Å². The van der Waals surface area contributed by atoms with E-state index in [-0.39, 0.29) is 0 Å². The van der Waals surface area contributed by atoms with Gasteiger partial charge in [-0.15, -0.1) is 0 Å². The van der Waals surface area contributed by atoms with E-state index in [1.807, 2.05) is 0 Å². The van der Waals surface area contributed by atoms with Crippen LogP contribution in [0.5, 0.6) is 0 Å². The third-order valence-corrected chi connectivity index (χ3v) is 5.40. The lowest BCUT2D eigenvalue weighted by molar-refractivity contribution is 1.25. The fourth-order valence-corrected chi connectivity index (χ4v) is 5.93. The zero-order valence-corrected chi connectivity index (χ0v) is 16.0. The minimum absolute atomic E-state index is 1.04. The Labute approximate surface area is 144 Å². The zero-order valence-electron chi connectivity index (χ0n) is 8.53. The third kappa shape index (κ3) is 2.23. The Hall–Kier alpha value is 0.860. The molecule has 0 spiro atoms. The molecule has 0 aliphatic heterocycles. The smallest absolute Gasteiger partial charge is 0.0267 e. The molecule has 4 heteroatoms. The molecule has 0 N–H and O–H groups in total. The molecule has 0 saturated carbocycles. The first-order valence-electron chi connectivity index (χ1n) is 5.02. The second-order valence-corrected chi connectivity index (χ2v) is 8.22. The standard InChI is InChI=1S/C13H6Br2I2/c14-10-4-8(16)2-6-1-7-3-9(17)5-11(15)13(7)12(6)10/h2-5H,1H2. The fourth-order valence-electron chi connectivity index (χ4n) is 2.30. The SMILES string of the molecule is Brc1cc(I)cc2c1-c1c(Br)cc(I)cc1C2. The van der Waals surface area contributed by atoms with Crippen LogP contribution < -0.4 is 0 Å². The molecule has 0 radical (unpaired) electrons. The second kappa shape index (κ2) is 4.76. The van der Waals surface area contributed by atoms with Gasteiger partial charge < -0.3 is 0 Å². The Bertz CT molecular complexity index is 580. The van der Waals surface area contributed by atoms with Gasteiger partial charge in [-0.3, -0.25) is 0 Å². The summed E-state index contributed by atoms with van der Waals surface area (Å²) in [5.41, 5.74) is 5.54. The van der Waals surface area contributed by atoms with Crippen molar-refractivity contribution in [2.24, 2.45) is 0 Å². The highest BCUT2D eigenvalue weighted by Gasteiger charge is 2.24. The first kappa shape index (κ1) is 12.9. The van der Waals surface area contributed by atoms with Crippen molar-refractivity contribution in [2.75, 3.05) is 0 Å². The van der Waals surface area contributed by atoms with Crippen LogP contribution in [0.4, 0.5) is 0 Å². The van der Waals surface area contributed by atoms with Gasteiger partial charge in [0.05, 0.1) is 0 Å². The van der Waals surface area contributed by atoms with Crippen LogP contribution in [0, 0.1) is 7.14 Å². The summed E-state index contributed by atoms with van der Waals surface area (Å²) in [5, 5.41) is 0. The van der Waals surface area contributed by atoms with Gasteiger partial charge in [-0.2, -0.15) is 0 Å². The van der Waals surface area contributed by atoms with Crippen molar-refractivity contribution in [3.05, 3.63) is 51.5 Å². The van der Waals surface area contributed by atoms with Crippen LogP contribution in [-0.2, 0) is 6.42 Å². The molecular weight excluding hydrogens is 570 g/mol. The average Bonchev–Trinajstić information content (AvgIpc) is 2.55. The summed E-state index contributed by atoms with van der Waals surface area (Å²) in [7, 11) is 0. The summed E-state index contributed by atoms with van der Waals surface area (Å²) in [5.74, 6) is 0. The maximum atomic E-state index is 3.69. The Morgan fingerprint density at radius 3 is 1.59 bits per heavy atom. The molecule has 0 heterocycles. The van der Waals surface area contributed by atoms with Crippen LogP contribution in [0.1, 0.15) is 11.1 Å². The van der Waals surface area contributed by atoms with E-state index in [1.165, 1.54) is 38.3 Å². The number of rotatable bonds is 0. The van der Waals surface area contributed by atoms with Gasteiger partial charge in [-0.05, 0) is 87.0 Å². The summed E-state index contributed by atoms with van der Waals surface area (Å²) < 4.78 is 4.96. The summed E-state index contributed by atoms with van der Waals surface area (Å²) in [6.07, 6.45) is 1.04. The van der Waals surface area contributed by atoms with Gasteiger partial charge in [0.15, 0.2) is 0 Å². The second-order valence-electron chi connectivity index (χ2n) is 4.02. The van der Waals surface area contributed by atoms with Crippen LogP contribution in [0.3, 0.4) is 0 Å². The topological polar surface area (TPSA) is 0 Å². The van der Waals surface area contributed by atoms with E-state index in [0.29, 0.717) is 0 Å². The van der Waals surface area contributed by atoms with Crippen LogP contribution >= 0.6 is 77.0 Å². The largest absolute Gasteiger partial charge is 0.0501 e. The predicted octanol–water partition coefficient (Wildman–Crippen LogP) is 5.99. The molecule has 0 fully saturated rings. The van der Waals surface area contributed by atoms with Crippen molar-refractivity contribution in [3.63, 3.8) is 0 Å². The normalized spacial score (nSPS) is 12.5. The van der Waals surface area contributed by atoms with Crippen molar-refractivity contribution >= 4 is 77.0 Å². The van der Waals surface area contributed by atoms with Gasteiger partial charge in [-0.1, -0.05) is 31.9 Å². The third-order valence-electron chi connectivity index (χ3n) is 2.90. The lowest BCUT2D eigenvalue weighted by Crippen LogP contribution is -1.84. The summed E-state index contributed by atoms with van der Waals surface area (Å²) in [6.45, 7) is 0. The van der Waals surface area contributed by atoms with E-state index in [0.717, 1.165) is 6.42 Å². The first-order chi connectivity index (χ1) is 8.06. The van der Waals surface area contributed by atoms with Crippen LogP contribution in [0.25, 0.3) is 11.1 Å². The monoisotopic (exact) mass is 574 g/mol. The van der Waals surface area contributed by atoms with E-state index in [4.69, 9.17) is 0 Å². The van der Waals surface area contributed by atoms with Crippen molar-refractivity contribution in [2.45, 2.75) is 6.42 Å². The maximum absolute atomic E-state index is 3.69. The minimum atomic E-state index is 1.04. The lowest BCUT2D eigenvalue weighted by atomic mass is 10.1. The Balaban J connectivity index is 2.35. The molecule has 17 heavy (non-hydrogen) atoms. The maximum Gasteiger partial charge on any atom is 0.0267 e. The Kier molecular flexibility index (Phi) is 3.60. The number of hydrogen-bond donors (Lipinski definition) is 0. The van der Waals surface area contributed by atoms with Gasteiger partial charge in [0.1, 0.15) is 0 Å². The van der Waals surface area contributed by atoms with E-state index < -0.39 is 0 Å². The highest BCUT2D eigenvalue weighted by Crippen LogP contribution is 2.46. The van der Waals surface area contributed by atoms with E-state index in [2.05, 4.69) is 101 Å². The minimum Gasteiger partial charge on any atom is -0.0501 e. The number of benzene rings is 2. The molecular formula is C13H6Br2I2. The van der Waals surface area contributed by atoms with Crippen LogP contribution in [0.2, 0.25) is 0 Å². The molecule has 0 nitrogen and oxygen atoms in total. The van der Waals surface area contributed by atoms with Gasteiger partial charge in [0.2, 0.25) is 0 Å². The molecule has 0 atom stereocenters. The predicted molar refractivity (Wildman–Crippen MR) is 95.5 cm³/mol. The quantitative estimate of drug-likeness (QED) is 0.289. The van der Waals surface area contributed by atoms with Gasteiger partial charge >= 0.3 is 0 Å². The molecule has 0 bridgehead atoms. The molecule has 2 aromatic rings. The van der Waals surface area contributed by atoms with Crippen molar-refractivity contribution < 1.29 is 0 Å². The van der Waals surface area contributed by atoms with Gasteiger partial charge in [0, 0.05) is 27.2 Å². The fraction of sp³-hybridized carbons (Fsp3) is 0.0769. The highest BCUT2D eigenvalue weighted by molar-refractivity contribution is 14.1. The first-order valence-corrected chi connectivity index (χ1v) is 8.77. The van der Waals surface area contributed by atoms with Crippen molar-refractivity contribution in [3.8, 4) is 11.1 Å². The average molecular weight is 576 g/mol. The number of halogens is 4. The number of fused-ring (bicyclic) bond motifs is 3. The number of hydrogen-bond acceptors (Lipinski definition) is 0. The molecule has 1 aliphatic rings. The molecule has 0 unspecified atom stereocenters. The molecule has 86 valence electrons. The highest BCUT2D eigenvalue weighted by atomic mass is 127. The van der Waals surface area contributed by atoms with Crippen LogP contribution in [0.15, 0.2) is 33.2 Å². The summed E-state index contributed by atoms with van der Waals surface area (Å²) in [4.78, 5) is 0. The molecule has 0 aromatic heterocycles. The van der Waals surface area contributed by atoms with Gasteiger partial charge in [-0.25, -0.2) is 0 Å². The molecule has 3 rings (SSSR count). The molecule has 0 saturated heterocycles. The van der Waals surface area contributed by atoms with E-state index in [9.17, 15) is 0 Å². The van der Waals surface area contributed by atoms with Gasteiger partial charge in [0.25, 0.3) is 0 Å².